The molecule has 1 aromatic heterocycles. The molecular formula is C19H23N3O3. The van der Waals surface area contributed by atoms with E-state index < -0.39 is 17.9 Å². The number of rotatable bonds is 4. The lowest BCUT2D eigenvalue weighted by molar-refractivity contribution is -0.140. The van der Waals surface area contributed by atoms with Crippen LogP contribution >= 0.6 is 0 Å². The third-order valence-corrected chi connectivity index (χ3v) is 4.58. The van der Waals surface area contributed by atoms with Gasteiger partial charge in [-0.15, -0.1) is 0 Å². The Labute approximate surface area is 147 Å². The zero-order valence-electron chi connectivity index (χ0n) is 14.9. The van der Waals surface area contributed by atoms with E-state index in [2.05, 4.69) is 5.10 Å². The molecule has 1 aliphatic rings. The molecule has 1 N–H and O–H groups in total. The molecule has 2 atom stereocenters. The van der Waals surface area contributed by atoms with E-state index >= 15 is 0 Å². The molecule has 1 aromatic carbocycles. The van der Waals surface area contributed by atoms with E-state index in [1.165, 1.54) is 0 Å². The highest BCUT2D eigenvalue weighted by molar-refractivity contribution is 6.00. The molecule has 3 rings (SSSR count). The number of fused-ring (bicyclic) bond motifs is 1. The zero-order valence-corrected chi connectivity index (χ0v) is 14.9. The van der Waals surface area contributed by atoms with Gasteiger partial charge in [-0.1, -0.05) is 31.5 Å². The van der Waals surface area contributed by atoms with Crippen molar-refractivity contribution in [2.75, 3.05) is 6.54 Å². The molecule has 1 amide bonds. The van der Waals surface area contributed by atoms with E-state index in [1.807, 2.05) is 26.8 Å². The molecule has 25 heavy (non-hydrogen) atoms. The van der Waals surface area contributed by atoms with Crippen LogP contribution in [0.1, 0.15) is 52.9 Å². The van der Waals surface area contributed by atoms with Gasteiger partial charge in [0.1, 0.15) is 5.92 Å². The van der Waals surface area contributed by atoms with E-state index in [0.29, 0.717) is 17.7 Å². The number of aliphatic carboxylic acids is 1. The number of carbonyl (C=O) groups excluding carboxylic acids is 1. The van der Waals surface area contributed by atoms with Crippen molar-refractivity contribution in [1.82, 2.24) is 14.7 Å². The number of hydrogen-bond acceptors (Lipinski definition) is 3. The van der Waals surface area contributed by atoms with Gasteiger partial charge in [0.05, 0.1) is 12.2 Å². The topological polar surface area (TPSA) is 75.4 Å². The van der Waals surface area contributed by atoms with Crippen LogP contribution in [0.5, 0.6) is 0 Å². The second-order valence-electron chi connectivity index (χ2n) is 7.15. The quantitative estimate of drug-likeness (QED) is 0.928. The fraction of sp³-hybridized carbons (Fsp3) is 0.421. The molecule has 2 aromatic rings. The minimum absolute atomic E-state index is 0.112. The van der Waals surface area contributed by atoms with Crippen LogP contribution < -0.4 is 0 Å². The normalized spacial score (nSPS) is 20.0. The minimum Gasteiger partial charge on any atom is -0.481 e. The van der Waals surface area contributed by atoms with Crippen LogP contribution in [0.2, 0.25) is 0 Å². The highest BCUT2D eigenvalue weighted by Gasteiger charge is 2.44. The molecule has 0 radical (unpaired) electrons. The van der Waals surface area contributed by atoms with Crippen molar-refractivity contribution in [2.45, 2.75) is 32.7 Å². The van der Waals surface area contributed by atoms with Crippen molar-refractivity contribution >= 4 is 11.9 Å². The second-order valence-corrected chi connectivity index (χ2v) is 7.15. The van der Waals surface area contributed by atoms with Crippen LogP contribution in [0.25, 0.3) is 0 Å². The molecule has 0 spiro atoms. The first-order chi connectivity index (χ1) is 11.8. The number of nitrogens with zero attached hydrogens (tertiary/aromatic N) is 3. The van der Waals surface area contributed by atoms with Gasteiger partial charge in [0, 0.05) is 30.9 Å². The van der Waals surface area contributed by atoms with Gasteiger partial charge in [0.15, 0.2) is 0 Å². The summed E-state index contributed by atoms with van der Waals surface area (Å²) < 4.78 is 1.64. The maximum Gasteiger partial charge on any atom is 0.313 e. The van der Waals surface area contributed by atoms with Gasteiger partial charge >= 0.3 is 5.97 Å². The highest BCUT2D eigenvalue weighted by atomic mass is 16.4. The van der Waals surface area contributed by atoms with Gasteiger partial charge in [-0.2, -0.15) is 5.10 Å². The summed E-state index contributed by atoms with van der Waals surface area (Å²) in [4.78, 5) is 27.0. The molecule has 1 aliphatic heterocycles. The van der Waals surface area contributed by atoms with Gasteiger partial charge < -0.3 is 10.0 Å². The zero-order chi connectivity index (χ0) is 18.3. The Morgan fingerprint density at radius 2 is 2.08 bits per heavy atom. The standard InChI is InChI=1S/C19H23N3O3/c1-11(2)9-22-17(13-8-20-21(4)10-13)16(19(24)25)14-6-5-12(3)7-15(14)18(22)23/h5-8,10-11,16-17H,9H2,1-4H3,(H,24,25). The summed E-state index contributed by atoms with van der Waals surface area (Å²) in [6, 6.07) is 4.87. The first kappa shape index (κ1) is 17.2. The Balaban J connectivity index is 2.22. The van der Waals surface area contributed by atoms with E-state index in [9.17, 15) is 14.7 Å². The van der Waals surface area contributed by atoms with E-state index in [1.54, 1.807) is 41.2 Å². The van der Waals surface area contributed by atoms with E-state index in [4.69, 9.17) is 0 Å². The fourth-order valence-electron chi connectivity index (χ4n) is 3.58. The van der Waals surface area contributed by atoms with Gasteiger partial charge in [-0.05, 0) is 24.5 Å². The molecular weight excluding hydrogens is 318 g/mol. The summed E-state index contributed by atoms with van der Waals surface area (Å²) in [6.45, 7) is 6.45. The lowest BCUT2D eigenvalue weighted by Crippen LogP contribution is -2.46. The summed E-state index contributed by atoms with van der Waals surface area (Å²) in [5.74, 6) is -1.63. The third-order valence-electron chi connectivity index (χ3n) is 4.58. The lowest BCUT2D eigenvalue weighted by Gasteiger charge is -2.41. The van der Waals surface area contributed by atoms with Crippen molar-refractivity contribution in [3.8, 4) is 0 Å². The summed E-state index contributed by atoms with van der Waals surface area (Å²) >= 11 is 0. The molecule has 0 fully saturated rings. The maximum atomic E-state index is 13.2. The van der Waals surface area contributed by atoms with Crippen LogP contribution in [0, 0.1) is 12.8 Å². The molecule has 2 unspecified atom stereocenters. The lowest BCUT2D eigenvalue weighted by atomic mass is 9.79. The first-order valence-corrected chi connectivity index (χ1v) is 8.42. The molecule has 6 nitrogen and oxygen atoms in total. The first-order valence-electron chi connectivity index (χ1n) is 8.42. The predicted octanol–water partition coefficient (Wildman–Crippen LogP) is 2.75. The Hall–Kier alpha value is -2.63. The monoisotopic (exact) mass is 341 g/mol. The number of carboxylic acids is 1. The number of hydrogen-bond donors (Lipinski definition) is 1. The molecule has 0 aliphatic carbocycles. The molecule has 2 heterocycles. The van der Waals surface area contributed by atoms with Crippen LogP contribution in [0.4, 0.5) is 0 Å². The highest BCUT2D eigenvalue weighted by Crippen LogP contribution is 2.43. The van der Waals surface area contributed by atoms with Crippen molar-refractivity contribution in [1.29, 1.82) is 0 Å². The van der Waals surface area contributed by atoms with Crippen molar-refractivity contribution in [3.63, 3.8) is 0 Å². The number of carbonyl (C=O) groups is 2. The van der Waals surface area contributed by atoms with Crippen LogP contribution in [0.3, 0.4) is 0 Å². The van der Waals surface area contributed by atoms with Crippen LogP contribution in [-0.2, 0) is 11.8 Å². The molecule has 0 bridgehead atoms. The number of carboxylic acid groups (broad SMARTS) is 1. The van der Waals surface area contributed by atoms with Gasteiger partial charge in [0.25, 0.3) is 5.91 Å². The van der Waals surface area contributed by atoms with Crippen molar-refractivity contribution in [2.24, 2.45) is 13.0 Å². The van der Waals surface area contributed by atoms with Gasteiger partial charge in [-0.25, -0.2) is 0 Å². The number of amides is 1. The summed E-state index contributed by atoms with van der Waals surface area (Å²) in [5.41, 5.74) is 2.76. The van der Waals surface area contributed by atoms with Crippen LogP contribution in [0.15, 0.2) is 30.6 Å². The van der Waals surface area contributed by atoms with Gasteiger partial charge in [0.2, 0.25) is 0 Å². The number of aryl methyl sites for hydroxylation is 2. The number of aromatic nitrogens is 2. The SMILES string of the molecule is Cc1ccc2c(c1)C(=O)N(CC(C)C)C(c1cnn(C)c1)C2C(=O)O. The smallest absolute Gasteiger partial charge is 0.313 e. The van der Waals surface area contributed by atoms with Crippen LogP contribution in [-0.4, -0.2) is 38.2 Å². The molecule has 6 heteroatoms. The summed E-state index contributed by atoms with van der Waals surface area (Å²) in [6.07, 6.45) is 3.45. The Kier molecular flexibility index (Phi) is 4.37. The second kappa shape index (κ2) is 6.35. The maximum absolute atomic E-state index is 13.2. The van der Waals surface area contributed by atoms with Crippen molar-refractivity contribution in [3.05, 3.63) is 52.8 Å². The Morgan fingerprint density at radius 3 is 2.64 bits per heavy atom. The fourth-order valence-corrected chi connectivity index (χ4v) is 3.58. The Morgan fingerprint density at radius 1 is 1.36 bits per heavy atom. The molecule has 0 saturated heterocycles. The summed E-state index contributed by atoms with van der Waals surface area (Å²) in [5, 5.41) is 14.1. The Bertz CT molecular complexity index is 825. The third kappa shape index (κ3) is 3.04. The largest absolute Gasteiger partial charge is 0.481 e. The summed E-state index contributed by atoms with van der Waals surface area (Å²) in [7, 11) is 1.79. The van der Waals surface area contributed by atoms with E-state index in [0.717, 1.165) is 11.1 Å². The predicted molar refractivity (Wildman–Crippen MR) is 93.4 cm³/mol. The minimum atomic E-state index is -0.930. The molecule has 0 saturated carbocycles. The van der Waals surface area contributed by atoms with E-state index in [-0.39, 0.29) is 11.8 Å². The molecule has 132 valence electrons. The van der Waals surface area contributed by atoms with Gasteiger partial charge in [-0.3, -0.25) is 14.3 Å². The average Bonchev–Trinajstić information content (AvgIpc) is 2.95. The van der Waals surface area contributed by atoms with Crippen molar-refractivity contribution < 1.29 is 14.7 Å². The number of benzene rings is 1. The average molecular weight is 341 g/mol.